The zero-order valence-corrected chi connectivity index (χ0v) is 9.93. The van der Waals surface area contributed by atoms with Crippen LogP contribution in [0.2, 0.25) is 0 Å². The molecule has 92 valence electrons. The van der Waals surface area contributed by atoms with Gasteiger partial charge in [-0.1, -0.05) is 0 Å². The van der Waals surface area contributed by atoms with Crippen molar-refractivity contribution in [3.63, 3.8) is 0 Å². The smallest absolute Gasteiger partial charge is 0.252 e. The summed E-state index contributed by atoms with van der Waals surface area (Å²) in [6.07, 6.45) is 2.73. The third-order valence-electron chi connectivity index (χ3n) is 2.97. The van der Waals surface area contributed by atoms with E-state index in [0.29, 0.717) is 17.3 Å². The predicted octanol–water partition coefficient (Wildman–Crippen LogP) is 0.653. The zero-order chi connectivity index (χ0) is 12.3. The number of hydrogen-bond acceptors (Lipinski definition) is 4. The normalized spacial score (nSPS) is 19.2. The van der Waals surface area contributed by atoms with E-state index in [4.69, 9.17) is 10.5 Å². The number of aromatic nitrogens is 1. The minimum Gasteiger partial charge on any atom is -0.381 e. The summed E-state index contributed by atoms with van der Waals surface area (Å²) in [5, 5.41) is 0. The van der Waals surface area contributed by atoms with Gasteiger partial charge in [0.2, 0.25) is 0 Å². The third kappa shape index (κ3) is 2.74. The summed E-state index contributed by atoms with van der Waals surface area (Å²) in [7, 11) is 1.92. The van der Waals surface area contributed by atoms with Crippen molar-refractivity contribution in [3.05, 3.63) is 23.9 Å². The van der Waals surface area contributed by atoms with E-state index in [2.05, 4.69) is 4.98 Å². The molecule has 2 heterocycles. The molecule has 1 saturated heterocycles. The van der Waals surface area contributed by atoms with Gasteiger partial charge in [-0.05, 0) is 18.6 Å². The standard InChI is InChI=1S/C12H17N3O2/c1-15(7-9-4-6-17-8-9)12-10(11(13)16)3-2-5-14-12/h2-3,5,9H,4,6-8H2,1H3,(H2,13,16). The minimum absolute atomic E-state index is 0.442. The largest absolute Gasteiger partial charge is 0.381 e. The highest BCUT2D eigenvalue weighted by atomic mass is 16.5. The van der Waals surface area contributed by atoms with E-state index in [0.717, 1.165) is 26.2 Å². The molecule has 1 aromatic rings. The van der Waals surface area contributed by atoms with Gasteiger partial charge in [0, 0.05) is 32.3 Å². The van der Waals surface area contributed by atoms with Crippen molar-refractivity contribution in [1.29, 1.82) is 0 Å². The fraction of sp³-hybridized carbons (Fsp3) is 0.500. The van der Waals surface area contributed by atoms with Crippen molar-refractivity contribution in [1.82, 2.24) is 4.98 Å². The number of primary amides is 1. The molecule has 5 nitrogen and oxygen atoms in total. The van der Waals surface area contributed by atoms with E-state index in [1.807, 2.05) is 11.9 Å². The maximum Gasteiger partial charge on any atom is 0.252 e. The first kappa shape index (κ1) is 11.9. The molecule has 1 amide bonds. The number of anilines is 1. The molecule has 2 rings (SSSR count). The minimum atomic E-state index is -0.442. The van der Waals surface area contributed by atoms with Crippen LogP contribution in [0.1, 0.15) is 16.8 Å². The summed E-state index contributed by atoms with van der Waals surface area (Å²) >= 11 is 0. The average molecular weight is 235 g/mol. The van der Waals surface area contributed by atoms with Gasteiger partial charge >= 0.3 is 0 Å². The lowest BCUT2D eigenvalue weighted by Gasteiger charge is -2.22. The van der Waals surface area contributed by atoms with Crippen LogP contribution < -0.4 is 10.6 Å². The molecule has 0 aliphatic carbocycles. The number of rotatable bonds is 4. The molecular formula is C12H17N3O2. The highest BCUT2D eigenvalue weighted by Gasteiger charge is 2.20. The molecule has 1 fully saturated rings. The van der Waals surface area contributed by atoms with Crippen molar-refractivity contribution < 1.29 is 9.53 Å². The van der Waals surface area contributed by atoms with Gasteiger partial charge in [-0.2, -0.15) is 0 Å². The second-order valence-corrected chi connectivity index (χ2v) is 4.35. The second kappa shape index (κ2) is 5.14. The molecule has 0 spiro atoms. The molecule has 0 saturated carbocycles. The number of amides is 1. The molecule has 2 N–H and O–H groups in total. The fourth-order valence-electron chi connectivity index (χ4n) is 2.09. The predicted molar refractivity (Wildman–Crippen MR) is 65.0 cm³/mol. The van der Waals surface area contributed by atoms with Gasteiger partial charge in [-0.15, -0.1) is 0 Å². The number of hydrogen-bond donors (Lipinski definition) is 1. The Bertz CT molecular complexity index is 402. The molecule has 17 heavy (non-hydrogen) atoms. The molecule has 0 radical (unpaired) electrons. The van der Waals surface area contributed by atoms with E-state index >= 15 is 0 Å². The fourth-order valence-corrected chi connectivity index (χ4v) is 2.09. The van der Waals surface area contributed by atoms with Crippen LogP contribution in [0.15, 0.2) is 18.3 Å². The topological polar surface area (TPSA) is 68.4 Å². The SMILES string of the molecule is CN(CC1CCOC1)c1ncccc1C(N)=O. The number of nitrogens with zero attached hydrogens (tertiary/aromatic N) is 2. The van der Waals surface area contributed by atoms with Crippen molar-refractivity contribution in [2.24, 2.45) is 11.7 Å². The maximum atomic E-state index is 11.3. The monoisotopic (exact) mass is 235 g/mol. The zero-order valence-electron chi connectivity index (χ0n) is 9.93. The van der Waals surface area contributed by atoms with Gasteiger partial charge in [0.05, 0.1) is 12.2 Å². The van der Waals surface area contributed by atoms with Crippen molar-refractivity contribution >= 4 is 11.7 Å². The Balaban J connectivity index is 2.12. The van der Waals surface area contributed by atoms with Crippen LogP contribution in [0.25, 0.3) is 0 Å². The van der Waals surface area contributed by atoms with Gasteiger partial charge in [0.25, 0.3) is 5.91 Å². The number of carbonyl (C=O) groups is 1. The van der Waals surface area contributed by atoms with E-state index < -0.39 is 5.91 Å². The van der Waals surface area contributed by atoms with Crippen LogP contribution in [0.3, 0.4) is 0 Å². The van der Waals surface area contributed by atoms with Crippen LogP contribution >= 0.6 is 0 Å². The van der Waals surface area contributed by atoms with Gasteiger partial charge in [0.1, 0.15) is 5.82 Å². The lowest BCUT2D eigenvalue weighted by atomic mass is 10.1. The van der Waals surface area contributed by atoms with Gasteiger partial charge in [-0.25, -0.2) is 4.98 Å². The van der Waals surface area contributed by atoms with E-state index in [9.17, 15) is 4.79 Å². The molecule has 0 aromatic carbocycles. The van der Waals surface area contributed by atoms with E-state index in [1.54, 1.807) is 18.3 Å². The lowest BCUT2D eigenvalue weighted by Crippen LogP contribution is -2.29. The molecule has 1 unspecified atom stereocenters. The third-order valence-corrected chi connectivity index (χ3v) is 2.97. The van der Waals surface area contributed by atoms with Crippen LogP contribution in [-0.4, -0.2) is 37.7 Å². The van der Waals surface area contributed by atoms with Crippen molar-refractivity contribution in [2.45, 2.75) is 6.42 Å². The molecule has 1 aliphatic rings. The number of pyridine rings is 1. The van der Waals surface area contributed by atoms with Gasteiger partial charge in [-0.3, -0.25) is 4.79 Å². The highest BCUT2D eigenvalue weighted by molar-refractivity contribution is 5.97. The summed E-state index contributed by atoms with van der Waals surface area (Å²) in [6, 6.07) is 3.42. The first-order chi connectivity index (χ1) is 8.18. The summed E-state index contributed by atoms with van der Waals surface area (Å²) in [4.78, 5) is 17.5. The number of ether oxygens (including phenoxy) is 1. The molecule has 1 aromatic heterocycles. The summed E-state index contributed by atoms with van der Waals surface area (Å²) in [5.41, 5.74) is 5.80. The number of carbonyl (C=O) groups excluding carboxylic acids is 1. The second-order valence-electron chi connectivity index (χ2n) is 4.35. The Morgan fingerprint density at radius 3 is 3.18 bits per heavy atom. The van der Waals surface area contributed by atoms with Crippen LogP contribution in [0, 0.1) is 5.92 Å². The molecule has 5 heteroatoms. The summed E-state index contributed by atoms with van der Waals surface area (Å²) in [6.45, 7) is 2.43. The highest BCUT2D eigenvalue weighted by Crippen LogP contribution is 2.19. The lowest BCUT2D eigenvalue weighted by molar-refractivity contribution is 0.100. The van der Waals surface area contributed by atoms with Gasteiger partial charge in [0.15, 0.2) is 0 Å². The quantitative estimate of drug-likeness (QED) is 0.832. The summed E-state index contributed by atoms with van der Waals surface area (Å²) < 4.78 is 5.33. The molecule has 1 aliphatic heterocycles. The number of nitrogens with two attached hydrogens (primary N) is 1. The summed E-state index contributed by atoms with van der Waals surface area (Å²) in [5.74, 6) is 0.706. The first-order valence-electron chi connectivity index (χ1n) is 5.72. The Labute approximate surface area is 101 Å². The van der Waals surface area contributed by atoms with Crippen LogP contribution in [-0.2, 0) is 4.74 Å². The van der Waals surface area contributed by atoms with E-state index in [1.165, 1.54) is 0 Å². The van der Waals surface area contributed by atoms with Crippen molar-refractivity contribution in [2.75, 3.05) is 31.7 Å². The van der Waals surface area contributed by atoms with E-state index in [-0.39, 0.29) is 0 Å². The first-order valence-corrected chi connectivity index (χ1v) is 5.72. The Hall–Kier alpha value is -1.62. The van der Waals surface area contributed by atoms with Crippen molar-refractivity contribution in [3.8, 4) is 0 Å². The maximum absolute atomic E-state index is 11.3. The molecule has 0 bridgehead atoms. The average Bonchev–Trinajstić information content (AvgIpc) is 2.81. The van der Waals surface area contributed by atoms with Gasteiger partial charge < -0.3 is 15.4 Å². The van der Waals surface area contributed by atoms with Crippen LogP contribution in [0.4, 0.5) is 5.82 Å². The Morgan fingerprint density at radius 1 is 1.71 bits per heavy atom. The Morgan fingerprint density at radius 2 is 2.53 bits per heavy atom. The molecular weight excluding hydrogens is 218 g/mol. The molecule has 1 atom stereocenters. The Kier molecular flexibility index (Phi) is 3.58. The van der Waals surface area contributed by atoms with Crippen LogP contribution in [0.5, 0.6) is 0 Å².